The van der Waals surface area contributed by atoms with E-state index >= 15 is 0 Å². The molecule has 0 unspecified atom stereocenters. The Labute approximate surface area is 205 Å². The fourth-order valence-corrected chi connectivity index (χ4v) is 4.25. The zero-order valence-electron chi connectivity index (χ0n) is 18.0. The molecule has 6 nitrogen and oxygen atoms in total. The molecular formula is C24H19Cl2N3O3S. The number of rotatable bonds is 4. The summed E-state index contributed by atoms with van der Waals surface area (Å²) in [6, 6.07) is 14.4. The molecule has 168 valence electrons. The summed E-state index contributed by atoms with van der Waals surface area (Å²) in [6.07, 6.45) is 0. The first-order chi connectivity index (χ1) is 15.7. The summed E-state index contributed by atoms with van der Waals surface area (Å²) in [4.78, 5) is 17.2. The van der Waals surface area contributed by atoms with Gasteiger partial charge in [-0.15, -0.1) is 0 Å². The molecule has 1 amide bonds. The monoisotopic (exact) mass is 499 g/mol. The van der Waals surface area contributed by atoms with Crippen LogP contribution in [0.15, 0.2) is 52.9 Å². The van der Waals surface area contributed by atoms with Crippen molar-refractivity contribution in [3.05, 3.63) is 75.3 Å². The van der Waals surface area contributed by atoms with E-state index in [1.165, 1.54) is 24.8 Å². The van der Waals surface area contributed by atoms with E-state index in [9.17, 15) is 4.79 Å². The molecular weight excluding hydrogens is 481 g/mol. The van der Waals surface area contributed by atoms with Gasteiger partial charge >= 0.3 is 0 Å². The first-order valence-electron chi connectivity index (χ1n) is 9.88. The highest BCUT2D eigenvalue weighted by molar-refractivity contribution is 7.80. The van der Waals surface area contributed by atoms with Gasteiger partial charge in [0.25, 0.3) is 5.91 Å². The maximum Gasteiger partial charge on any atom is 0.257 e. The van der Waals surface area contributed by atoms with Crippen molar-refractivity contribution in [3.8, 4) is 17.2 Å². The van der Waals surface area contributed by atoms with E-state index in [4.69, 9.17) is 44.6 Å². The van der Waals surface area contributed by atoms with Gasteiger partial charge in [0.15, 0.2) is 16.4 Å². The Kier molecular flexibility index (Phi) is 6.56. The third-order valence-electron chi connectivity index (χ3n) is 4.95. The number of methoxy groups -OCH3 is 1. The fraction of sp³-hybridized carbons (Fsp3) is 0.125. The van der Waals surface area contributed by atoms with Gasteiger partial charge in [-0.3, -0.25) is 10.1 Å². The smallest absolute Gasteiger partial charge is 0.257 e. The largest absolute Gasteiger partial charge is 0.494 e. The first-order valence-corrected chi connectivity index (χ1v) is 11.0. The molecule has 0 aliphatic heterocycles. The molecule has 0 saturated heterocycles. The van der Waals surface area contributed by atoms with Crippen LogP contribution in [0.5, 0.6) is 5.75 Å². The number of nitrogens with one attached hydrogen (secondary N) is 2. The normalized spacial score (nSPS) is 10.8. The van der Waals surface area contributed by atoms with Crippen LogP contribution < -0.4 is 15.4 Å². The van der Waals surface area contributed by atoms with Gasteiger partial charge < -0.3 is 14.5 Å². The molecule has 0 aliphatic carbocycles. The molecule has 33 heavy (non-hydrogen) atoms. The van der Waals surface area contributed by atoms with E-state index in [0.717, 1.165) is 11.1 Å². The maximum atomic E-state index is 12.6. The van der Waals surface area contributed by atoms with Crippen molar-refractivity contribution in [1.82, 2.24) is 10.3 Å². The van der Waals surface area contributed by atoms with Crippen LogP contribution in [0.4, 0.5) is 5.69 Å². The zero-order chi connectivity index (χ0) is 23.7. The van der Waals surface area contributed by atoms with E-state index < -0.39 is 5.91 Å². The molecule has 1 heterocycles. The summed E-state index contributed by atoms with van der Waals surface area (Å²) in [5.41, 5.74) is 5.41. The number of aromatic nitrogens is 1. The summed E-state index contributed by atoms with van der Waals surface area (Å²) < 4.78 is 11.0. The van der Waals surface area contributed by atoms with E-state index in [-0.39, 0.29) is 20.7 Å². The Morgan fingerprint density at radius 3 is 2.45 bits per heavy atom. The summed E-state index contributed by atoms with van der Waals surface area (Å²) in [7, 11) is 1.45. The van der Waals surface area contributed by atoms with E-state index in [2.05, 4.69) is 21.7 Å². The van der Waals surface area contributed by atoms with Gasteiger partial charge in [-0.2, -0.15) is 0 Å². The number of amides is 1. The number of carbonyl (C=O) groups excluding carboxylic acids is 1. The molecule has 4 aromatic rings. The first kappa shape index (κ1) is 23.0. The number of ether oxygens (including phenoxy) is 1. The lowest BCUT2D eigenvalue weighted by Crippen LogP contribution is -2.34. The topological polar surface area (TPSA) is 76.4 Å². The fourth-order valence-electron chi connectivity index (χ4n) is 3.40. The van der Waals surface area contributed by atoms with Crippen LogP contribution in [0.25, 0.3) is 22.6 Å². The predicted octanol–water partition coefficient (Wildman–Crippen LogP) is 6.55. The second kappa shape index (κ2) is 9.39. The van der Waals surface area contributed by atoms with E-state index in [0.29, 0.717) is 28.4 Å². The quantitative estimate of drug-likeness (QED) is 0.310. The number of hydrogen-bond donors (Lipinski definition) is 2. The molecule has 2 N–H and O–H groups in total. The van der Waals surface area contributed by atoms with Gasteiger partial charge in [-0.25, -0.2) is 4.98 Å². The van der Waals surface area contributed by atoms with Gasteiger partial charge in [0.1, 0.15) is 5.52 Å². The average molecular weight is 500 g/mol. The van der Waals surface area contributed by atoms with Crippen LogP contribution in [-0.2, 0) is 0 Å². The number of aryl methyl sites for hydroxylation is 2. The number of nitrogens with zero attached hydrogens (tertiary/aromatic N) is 1. The highest BCUT2D eigenvalue weighted by Gasteiger charge is 2.15. The van der Waals surface area contributed by atoms with Crippen molar-refractivity contribution in [2.75, 3.05) is 12.4 Å². The molecule has 1 aromatic heterocycles. The molecule has 0 atom stereocenters. The average Bonchev–Trinajstić information content (AvgIpc) is 3.16. The standard InChI is InChI=1S/C24H19Cl2N3O3S/c1-12-4-6-16(13(2)8-12)23-28-19-11-15(5-7-20(19)32-23)27-24(33)29-22(30)14-9-17(25)21(31-3)18(26)10-14/h4-11H,1-3H3,(H2,27,29,30,33). The SMILES string of the molecule is COc1c(Cl)cc(C(=O)NC(=S)Nc2ccc3oc(-c4ccc(C)cc4C)nc3c2)cc1Cl. The van der Waals surface area contributed by atoms with Gasteiger partial charge in [0.2, 0.25) is 5.89 Å². The minimum atomic E-state index is -0.460. The van der Waals surface area contributed by atoms with Crippen molar-refractivity contribution >= 4 is 63.2 Å². The molecule has 4 rings (SSSR count). The van der Waals surface area contributed by atoms with Crippen LogP contribution in [0.1, 0.15) is 21.5 Å². The number of anilines is 1. The molecule has 3 aromatic carbocycles. The molecule has 0 spiro atoms. The van der Waals surface area contributed by atoms with Crippen molar-refractivity contribution in [2.45, 2.75) is 13.8 Å². The molecule has 0 radical (unpaired) electrons. The molecule has 0 saturated carbocycles. The Morgan fingerprint density at radius 2 is 1.79 bits per heavy atom. The van der Waals surface area contributed by atoms with Gasteiger partial charge in [0, 0.05) is 16.8 Å². The highest BCUT2D eigenvalue weighted by atomic mass is 35.5. The number of oxazole rings is 1. The van der Waals surface area contributed by atoms with E-state index in [1.54, 1.807) is 18.2 Å². The lowest BCUT2D eigenvalue weighted by Gasteiger charge is -2.11. The second-order valence-corrected chi connectivity index (χ2v) is 8.62. The van der Waals surface area contributed by atoms with Crippen molar-refractivity contribution in [3.63, 3.8) is 0 Å². The number of halogens is 2. The number of fused-ring (bicyclic) bond motifs is 1. The third kappa shape index (κ3) is 4.95. The lowest BCUT2D eigenvalue weighted by atomic mass is 10.1. The van der Waals surface area contributed by atoms with Crippen molar-refractivity contribution in [2.24, 2.45) is 0 Å². The summed E-state index contributed by atoms with van der Waals surface area (Å²) in [5.74, 6) is 0.388. The Morgan fingerprint density at radius 1 is 1.06 bits per heavy atom. The van der Waals surface area contributed by atoms with Crippen LogP contribution in [0.2, 0.25) is 10.0 Å². The molecule has 0 aliphatic rings. The number of carbonyl (C=O) groups is 1. The number of thiocarbonyl (C=S) groups is 1. The van der Waals surface area contributed by atoms with Crippen molar-refractivity contribution in [1.29, 1.82) is 0 Å². The van der Waals surface area contributed by atoms with Crippen molar-refractivity contribution < 1.29 is 13.9 Å². The van der Waals surface area contributed by atoms with Crippen LogP contribution in [-0.4, -0.2) is 23.1 Å². The number of hydrogen-bond acceptors (Lipinski definition) is 5. The maximum absolute atomic E-state index is 12.6. The van der Waals surface area contributed by atoms with Crippen LogP contribution in [0, 0.1) is 13.8 Å². The Hall–Kier alpha value is -3.13. The summed E-state index contributed by atoms with van der Waals surface area (Å²) in [6.45, 7) is 4.06. The van der Waals surface area contributed by atoms with E-state index in [1.807, 2.05) is 26.0 Å². The third-order valence-corrected chi connectivity index (χ3v) is 5.72. The Bertz CT molecular complexity index is 1380. The highest BCUT2D eigenvalue weighted by Crippen LogP contribution is 2.34. The second-order valence-electron chi connectivity index (χ2n) is 7.40. The molecule has 0 bridgehead atoms. The summed E-state index contributed by atoms with van der Waals surface area (Å²) in [5, 5.41) is 6.15. The van der Waals surface area contributed by atoms with Crippen LogP contribution in [0.3, 0.4) is 0 Å². The van der Waals surface area contributed by atoms with Gasteiger partial charge in [-0.1, -0.05) is 40.9 Å². The summed E-state index contributed by atoms with van der Waals surface area (Å²) >= 11 is 17.5. The lowest BCUT2D eigenvalue weighted by molar-refractivity contribution is 0.0977. The molecule has 9 heteroatoms. The Balaban J connectivity index is 1.49. The zero-order valence-corrected chi connectivity index (χ0v) is 20.3. The minimum absolute atomic E-state index is 0.112. The molecule has 0 fully saturated rings. The van der Waals surface area contributed by atoms with Gasteiger partial charge in [0.05, 0.1) is 17.2 Å². The van der Waals surface area contributed by atoms with Crippen LogP contribution >= 0.6 is 35.4 Å². The number of benzene rings is 3. The minimum Gasteiger partial charge on any atom is -0.494 e. The predicted molar refractivity (Wildman–Crippen MR) is 136 cm³/mol. The van der Waals surface area contributed by atoms with Gasteiger partial charge in [-0.05, 0) is 68.0 Å².